The summed E-state index contributed by atoms with van der Waals surface area (Å²) in [7, 11) is 1.52. The molecular formula is C26H37NO5. The van der Waals surface area contributed by atoms with Crippen molar-refractivity contribution >= 4 is 12.1 Å². The van der Waals surface area contributed by atoms with Crippen LogP contribution in [-0.4, -0.2) is 31.3 Å². The van der Waals surface area contributed by atoms with Crippen molar-refractivity contribution in [2.75, 3.05) is 7.11 Å². The minimum absolute atomic E-state index is 0.0318. The minimum Gasteiger partial charge on any atom is -0.493 e. The summed E-state index contributed by atoms with van der Waals surface area (Å²) >= 11 is 0. The maximum Gasteiger partial charge on any atom is 0.413 e. The number of ether oxygens (including phenoxy) is 3. The molecule has 0 heterocycles. The first-order valence-corrected chi connectivity index (χ1v) is 11.5. The molecule has 1 unspecified atom stereocenters. The van der Waals surface area contributed by atoms with E-state index in [4.69, 9.17) is 14.2 Å². The molecule has 1 amide bonds. The van der Waals surface area contributed by atoms with Gasteiger partial charge in [-0.2, -0.15) is 0 Å². The predicted octanol–water partition coefficient (Wildman–Crippen LogP) is 5.29. The fraction of sp³-hybridized carbons (Fsp3) is 0.615. The lowest BCUT2D eigenvalue weighted by Gasteiger charge is -2.39. The highest BCUT2D eigenvalue weighted by Crippen LogP contribution is 2.66. The van der Waals surface area contributed by atoms with E-state index in [1.807, 2.05) is 19.9 Å². The highest BCUT2D eigenvalue weighted by Gasteiger charge is 2.63. The summed E-state index contributed by atoms with van der Waals surface area (Å²) in [4.78, 5) is 25.7. The molecular weight excluding hydrogens is 406 g/mol. The van der Waals surface area contributed by atoms with E-state index < -0.39 is 18.1 Å². The van der Waals surface area contributed by atoms with Crippen LogP contribution in [0.25, 0.3) is 0 Å². The zero-order valence-corrected chi connectivity index (χ0v) is 20.2. The third-order valence-electron chi connectivity index (χ3n) is 7.98. The highest BCUT2D eigenvalue weighted by atomic mass is 16.6. The molecule has 2 saturated carbocycles. The van der Waals surface area contributed by atoms with Crippen molar-refractivity contribution in [1.29, 1.82) is 0 Å². The monoisotopic (exact) mass is 443 g/mol. The molecule has 6 nitrogen and oxygen atoms in total. The quantitative estimate of drug-likeness (QED) is 0.436. The number of rotatable bonds is 8. The van der Waals surface area contributed by atoms with Crippen LogP contribution in [0.2, 0.25) is 0 Å². The van der Waals surface area contributed by atoms with Gasteiger partial charge < -0.3 is 19.5 Å². The van der Waals surface area contributed by atoms with E-state index in [9.17, 15) is 9.59 Å². The number of fused-ring (bicyclic) bond motifs is 2. The third kappa shape index (κ3) is 4.37. The summed E-state index contributed by atoms with van der Waals surface area (Å²) in [5.74, 6) is 0.750. The van der Waals surface area contributed by atoms with E-state index in [-0.39, 0.29) is 28.6 Å². The number of amides is 1. The van der Waals surface area contributed by atoms with Crippen molar-refractivity contribution in [1.82, 2.24) is 5.32 Å². The van der Waals surface area contributed by atoms with Crippen LogP contribution in [-0.2, 0) is 16.0 Å². The standard InChI is InChI=1S/C26H37NO5/c1-8-9-17-10-11-19(20(14-17)30-7)31-24(29)27-22(16(2)3)23(28)32-21-15-18-12-13-26(21,6)25(18,4)5/h8,10-11,14,16,18,21-22H,1,9,12-13,15H2,2-7H3,(H,27,29)/t18-,21+,22?,26-/m0/s1. The Bertz CT molecular complexity index is 877. The molecule has 1 N–H and O–H groups in total. The number of nitrogens with one attached hydrogen (secondary N) is 1. The first kappa shape index (κ1) is 24.1. The second kappa shape index (κ2) is 9.16. The molecule has 0 spiro atoms. The molecule has 6 heteroatoms. The summed E-state index contributed by atoms with van der Waals surface area (Å²) in [6, 6.07) is 4.53. The van der Waals surface area contributed by atoms with Crippen molar-refractivity contribution in [3.05, 3.63) is 36.4 Å². The average molecular weight is 444 g/mol. The average Bonchev–Trinajstić information content (AvgIpc) is 3.06. The smallest absolute Gasteiger partial charge is 0.413 e. The molecule has 0 aromatic heterocycles. The Morgan fingerprint density at radius 3 is 2.50 bits per heavy atom. The maximum absolute atomic E-state index is 13.1. The molecule has 176 valence electrons. The Labute approximate surface area is 191 Å². The van der Waals surface area contributed by atoms with Crippen LogP contribution < -0.4 is 14.8 Å². The van der Waals surface area contributed by atoms with Crippen molar-refractivity contribution in [3.63, 3.8) is 0 Å². The number of hydrogen-bond donors (Lipinski definition) is 1. The largest absolute Gasteiger partial charge is 0.493 e. The van der Waals surface area contributed by atoms with Gasteiger partial charge in [-0.15, -0.1) is 6.58 Å². The van der Waals surface area contributed by atoms with E-state index in [1.54, 1.807) is 18.2 Å². The topological polar surface area (TPSA) is 73.9 Å². The van der Waals surface area contributed by atoms with Gasteiger partial charge >= 0.3 is 12.1 Å². The van der Waals surface area contributed by atoms with E-state index in [0.29, 0.717) is 18.1 Å². The maximum atomic E-state index is 13.1. The van der Waals surface area contributed by atoms with Gasteiger partial charge in [-0.05, 0) is 60.6 Å². The number of carbonyl (C=O) groups is 2. The Morgan fingerprint density at radius 2 is 1.97 bits per heavy atom. The number of allylic oxidation sites excluding steroid dienone is 1. The van der Waals surface area contributed by atoms with Crippen molar-refractivity contribution < 1.29 is 23.8 Å². The Morgan fingerprint density at radius 1 is 1.25 bits per heavy atom. The van der Waals surface area contributed by atoms with Crippen LogP contribution in [0.5, 0.6) is 11.5 Å². The normalized spacial score (nSPS) is 26.5. The molecule has 1 aromatic rings. The third-order valence-corrected chi connectivity index (χ3v) is 7.98. The van der Waals surface area contributed by atoms with Crippen LogP contribution in [0.15, 0.2) is 30.9 Å². The molecule has 0 radical (unpaired) electrons. The fourth-order valence-corrected chi connectivity index (χ4v) is 5.37. The highest BCUT2D eigenvalue weighted by molar-refractivity contribution is 5.82. The van der Waals surface area contributed by atoms with Crippen molar-refractivity contribution in [2.45, 2.75) is 72.4 Å². The zero-order valence-electron chi connectivity index (χ0n) is 20.2. The second-order valence-corrected chi connectivity index (χ2v) is 10.3. The first-order chi connectivity index (χ1) is 15.0. The van der Waals surface area contributed by atoms with Crippen LogP contribution in [0.3, 0.4) is 0 Å². The second-order valence-electron chi connectivity index (χ2n) is 10.3. The lowest BCUT2D eigenvalue weighted by Crippen LogP contribution is -2.49. The van der Waals surface area contributed by atoms with Gasteiger partial charge in [0.25, 0.3) is 0 Å². The van der Waals surface area contributed by atoms with Gasteiger partial charge in [0.15, 0.2) is 11.5 Å². The molecule has 1 aromatic carbocycles. The number of esters is 1. The molecule has 2 aliphatic carbocycles. The Kier molecular flexibility index (Phi) is 6.91. The van der Waals surface area contributed by atoms with Crippen LogP contribution >= 0.6 is 0 Å². The van der Waals surface area contributed by atoms with E-state index in [1.165, 1.54) is 13.5 Å². The molecule has 2 fully saturated rings. The van der Waals surface area contributed by atoms with Crippen molar-refractivity contribution in [2.24, 2.45) is 22.7 Å². The first-order valence-electron chi connectivity index (χ1n) is 11.5. The summed E-state index contributed by atoms with van der Waals surface area (Å²) in [5, 5.41) is 2.70. The lowest BCUT2D eigenvalue weighted by atomic mass is 9.70. The predicted molar refractivity (Wildman–Crippen MR) is 124 cm³/mol. The summed E-state index contributed by atoms with van der Waals surface area (Å²) in [6.45, 7) is 14.3. The Balaban J connectivity index is 1.66. The molecule has 32 heavy (non-hydrogen) atoms. The van der Waals surface area contributed by atoms with E-state index >= 15 is 0 Å². The molecule has 3 rings (SSSR count). The molecule has 0 aliphatic heterocycles. The van der Waals surface area contributed by atoms with E-state index in [0.717, 1.165) is 18.4 Å². The molecule has 0 saturated heterocycles. The summed E-state index contributed by atoms with van der Waals surface area (Å²) < 4.78 is 16.8. The molecule has 2 aliphatic rings. The lowest BCUT2D eigenvalue weighted by molar-refractivity contribution is -0.160. The molecule has 2 bridgehead atoms. The van der Waals surface area contributed by atoms with Crippen LogP contribution in [0.1, 0.15) is 59.4 Å². The van der Waals surface area contributed by atoms with Gasteiger partial charge in [0.2, 0.25) is 0 Å². The van der Waals surface area contributed by atoms with Gasteiger partial charge in [0.05, 0.1) is 7.11 Å². The SMILES string of the molecule is C=CCc1ccc(OC(=O)NC(C(=O)O[C@@H]2C[C@@H]3CC[C@]2(C)C3(C)C)C(C)C)c(OC)c1. The van der Waals surface area contributed by atoms with Gasteiger partial charge in [-0.25, -0.2) is 9.59 Å². The summed E-state index contributed by atoms with van der Waals surface area (Å²) in [6.07, 6.45) is 4.77. The van der Waals surface area contributed by atoms with Crippen LogP contribution in [0.4, 0.5) is 4.79 Å². The number of methoxy groups -OCH3 is 1. The molecule has 4 atom stereocenters. The van der Waals surface area contributed by atoms with Crippen LogP contribution in [0, 0.1) is 22.7 Å². The summed E-state index contributed by atoms with van der Waals surface area (Å²) in [5.41, 5.74) is 1.11. The van der Waals surface area contributed by atoms with Gasteiger partial charge in [-0.1, -0.05) is 46.8 Å². The van der Waals surface area contributed by atoms with Crippen molar-refractivity contribution in [3.8, 4) is 11.5 Å². The van der Waals surface area contributed by atoms with Gasteiger partial charge in [-0.3, -0.25) is 0 Å². The van der Waals surface area contributed by atoms with E-state index in [2.05, 4.69) is 32.7 Å². The van der Waals surface area contributed by atoms with Gasteiger partial charge in [0.1, 0.15) is 12.1 Å². The number of benzene rings is 1. The minimum atomic E-state index is -0.792. The Hall–Kier alpha value is -2.50. The number of carbonyl (C=O) groups excluding carboxylic acids is 2. The number of hydrogen-bond acceptors (Lipinski definition) is 5. The van der Waals surface area contributed by atoms with Gasteiger partial charge in [0, 0.05) is 5.41 Å². The zero-order chi connectivity index (χ0) is 23.7. The fourth-order valence-electron chi connectivity index (χ4n) is 5.37.